The zero-order valence-corrected chi connectivity index (χ0v) is 19.9. The first-order valence-corrected chi connectivity index (χ1v) is 12.2. The van der Waals surface area contributed by atoms with Gasteiger partial charge in [0.1, 0.15) is 11.4 Å². The van der Waals surface area contributed by atoms with Gasteiger partial charge < -0.3 is 9.64 Å². The highest BCUT2D eigenvalue weighted by molar-refractivity contribution is 7.11. The van der Waals surface area contributed by atoms with Gasteiger partial charge >= 0.3 is 5.97 Å². The van der Waals surface area contributed by atoms with Crippen molar-refractivity contribution in [2.24, 2.45) is 0 Å². The van der Waals surface area contributed by atoms with Gasteiger partial charge in [-0.2, -0.15) is 0 Å². The maximum absolute atomic E-state index is 13.2. The largest absolute Gasteiger partial charge is 0.459 e. The number of aryl methyl sites for hydroxylation is 1. The molecule has 0 aliphatic carbocycles. The maximum atomic E-state index is 13.2. The molecule has 0 unspecified atom stereocenters. The molecule has 32 heavy (non-hydrogen) atoms. The van der Waals surface area contributed by atoms with Crippen molar-refractivity contribution >= 4 is 23.1 Å². The van der Waals surface area contributed by atoms with Gasteiger partial charge in [0.05, 0.1) is 6.10 Å². The summed E-state index contributed by atoms with van der Waals surface area (Å²) in [6, 6.07) is 16.4. The molecule has 1 aliphatic rings. The molecule has 6 heteroatoms. The minimum Gasteiger partial charge on any atom is -0.459 e. The van der Waals surface area contributed by atoms with E-state index in [-0.39, 0.29) is 12.1 Å². The first-order chi connectivity index (χ1) is 15.5. The van der Waals surface area contributed by atoms with Crippen LogP contribution in [-0.4, -0.2) is 48.1 Å². The summed E-state index contributed by atoms with van der Waals surface area (Å²) in [5, 5.41) is 0. The fourth-order valence-corrected chi connectivity index (χ4v) is 5.06. The summed E-state index contributed by atoms with van der Waals surface area (Å²) in [6.07, 6.45) is 2.71. The van der Waals surface area contributed by atoms with Gasteiger partial charge in [-0.25, -0.2) is 9.78 Å². The molecule has 168 valence electrons. The number of anilines is 1. The minimum absolute atomic E-state index is 0.185. The SMILES string of the molecule is CCc1ccc(CN2CCN(c3nccc(-c4ccccc4)c3C(=O)OC(C)C)CC2)s1. The molecular weight excluding hydrogens is 418 g/mol. The van der Waals surface area contributed by atoms with Gasteiger partial charge in [0, 0.05) is 54.2 Å². The number of hydrogen-bond donors (Lipinski definition) is 0. The second-order valence-electron chi connectivity index (χ2n) is 8.36. The second kappa shape index (κ2) is 10.3. The first-order valence-electron chi connectivity index (χ1n) is 11.4. The molecule has 0 amide bonds. The van der Waals surface area contributed by atoms with E-state index in [1.807, 2.05) is 61.6 Å². The third-order valence-corrected chi connectivity index (χ3v) is 6.89. The average Bonchev–Trinajstić information content (AvgIpc) is 3.27. The number of carbonyl (C=O) groups is 1. The Hall–Kier alpha value is -2.70. The van der Waals surface area contributed by atoms with Crippen LogP contribution < -0.4 is 4.90 Å². The molecule has 0 N–H and O–H groups in total. The van der Waals surface area contributed by atoms with Gasteiger partial charge in [0.2, 0.25) is 0 Å². The lowest BCUT2D eigenvalue weighted by Crippen LogP contribution is -2.46. The summed E-state index contributed by atoms with van der Waals surface area (Å²) in [5.41, 5.74) is 2.43. The van der Waals surface area contributed by atoms with Gasteiger partial charge in [-0.15, -0.1) is 11.3 Å². The fraction of sp³-hybridized carbons (Fsp3) is 0.385. The number of thiophene rings is 1. The number of esters is 1. The van der Waals surface area contributed by atoms with E-state index in [2.05, 4.69) is 33.8 Å². The van der Waals surface area contributed by atoms with E-state index < -0.39 is 0 Å². The van der Waals surface area contributed by atoms with E-state index in [9.17, 15) is 4.79 Å². The van der Waals surface area contributed by atoms with Crippen LogP contribution in [0, 0.1) is 0 Å². The van der Waals surface area contributed by atoms with Gasteiger partial charge in [-0.1, -0.05) is 37.3 Å². The summed E-state index contributed by atoms with van der Waals surface area (Å²) in [4.78, 5) is 25.4. The van der Waals surface area contributed by atoms with Crippen molar-refractivity contribution in [1.29, 1.82) is 0 Å². The number of pyridine rings is 1. The molecule has 0 radical (unpaired) electrons. The highest BCUT2D eigenvalue weighted by atomic mass is 32.1. The van der Waals surface area contributed by atoms with Crippen LogP contribution >= 0.6 is 11.3 Å². The smallest absolute Gasteiger partial charge is 0.342 e. The Balaban J connectivity index is 1.56. The molecule has 3 aromatic rings. The van der Waals surface area contributed by atoms with E-state index in [4.69, 9.17) is 4.74 Å². The lowest BCUT2D eigenvalue weighted by atomic mass is 10.00. The van der Waals surface area contributed by atoms with Crippen LogP contribution in [0.3, 0.4) is 0 Å². The van der Waals surface area contributed by atoms with Crippen LogP contribution in [0.1, 0.15) is 40.9 Å². The number of benzene rings is 1. The summed E-state index contributed by atoms with van der Waals surface area (Å²) in [6.45, 7) is 10.5. The standard InChI is InChI=1S/C26H31N3O2S/c1-4-21-10-11-22(32-21)18-28-14-16-29(17-15-28)25-24(26(30)31-19(2)3)23(12-13-27-25)20-8-6-5-7-9-20/h5-13,19H,4,14-18H2,1-3H3. The van der Waals surface area contributed by atoms with Gasteiger partial charge in [0.25, 0.3) is 0 Å². The highest BCUT2D eigenvalue weighted by Gasteiger charge is 2.27. The van der Waals surface area contributed by atoms with E-state index in [1.165, 1.54) is 9.75 Å². The van der Waals surface area contributed by atoms with E-state index >= 15 is 0 Å². The van der Waals surface area contributed by atoms with E-state index in [0.717, 1.165) is 56.1 Å². The number of aromatic nitrogens is 1. The highest BCUT2D eigenvalue weighted by Crippen LogP contribution is 2.31. The summed E-state index contributed by atoms with van der Waals surface area (Å²) in [7, 11) is 0. The number of piperazine rings is 1. The van der Waals surface area contributed by atoms with Gasteiger partial charge in [0.15, 0.2) is 0 Å². The summed E-state index contributed by atoms with van der Waals surface area (Å²) in [5.74, 6) is 0.413. The van der Waals surface area contributed by atoms with Crippen LogP contribution in [-0.2, 0) is 17.7 Å². The van der Waals surface area contributed by atoms with Gasteiger partial charge in [-0.05, 0) is 44.0 Å². The van der Waals surface area contributed by atoms with Crippen LogP contribution in [0.4, 0.5) is 5.82 Å². The lowest BCUT2D eigenvalue weighted by Gasteiger charge is -2.36. The molecule has 1 aliphatic heterocycles. The predicted octanol–water partition coefficient (Wildman–Crippen LogP) is 5.26. The maximum Gasteiger partial charge on any atom is 0.342 e. The van der Waals surface area contributed by atoms with E-state index in [0.29, 0.717) is 5.56 Å². The predicted molar refractivity (Wildman–Crippen MR) is 131 cm³/mol. The topological polar surface area (TPSA) is 45.7 Å². The Morgan fingerprint density at radius 1 is 1.03 bits per heavy atom. The molecule has 2 aromatic heterocycles. The molecule has 3 heterocycles. The Labute approximate surface area is 194 Å². The number of nitrogens with zero attached hydrogens (tertiary/aromatic N) is 3. The zero-order chi connectivity index (χ0) is 22.5. The van der Waals surface area contributed by atoms with E-state index in [1.54, 1.807) is 6.20 Å². The van der Waals surface area contributed by atoms with Crippen molar-refractivity contribution < 1.29 is 9.53 Å². The fourth-order valence-electron chi connectivity index (χ4n) is 4.06. The van der Waals surface area contributed by atoms with Crippen molar-refractivity contribution in [2.75, 3.05) is 31.1 Å². The molecule has 5 nitrogen and oxygen atoms in total. The minimum atomic E-state index is -0.310. The van der Waals surface area contributed by atoms with Crippen molar-refractivity contribution in [1.82, 2.24) is 9.88 Å². The average molecular weight is 450 g/mol. The number of hydrogen-bond acceptors (Lipinski definition) is 6. The number of ether oxygens (including phenoxy) is 1. The summed E-state index contributed by atoms with van der Waals surface area (Å²) >= 11 is 1.91. The Morgan fingerprint density at radius 3 is 2.41 bits per heavy atom. The lowest BCUT2D eigenvalue weighted by molar-refractivity contribution is 0.0379. The monoisotopic (exact) mass is 449 g/mol. The molecular formula is C26H31N3O2S. The van der Waals surface area contributed by atoms with Crippen molar-refractivity contribution in [2.45, 2.75) is 39.8 Å². The third-order valence-electron chi connectivity index (χ3n) is 5.68. The normalized spacial score (nSPS) is 14.7. The molecule has 0 spiro atoms. The van der Waals surface area contributed by atoms with Crippen molar-refractivity contribution in [3.8, 4) is 11.1 Å². The third kappa shape index (κ3) is 5.19. The van der Waals surface area contributed by atoms with Crippen molar-refractivity contribution in [3.63, 3.8) is 0 Å². The van der Waals surface area contributed by atoms with Crippen LogP contribution in [0.25, 0.3) is 11.1 Å². The molecule has 1 saturated heterocycles. The van der Waals surface area contributed by atoms with Crippen molar-refractivity contribution in [3.05, 3.63) is 70.0 Å². The van der Waals surface area contributed by atoms with Crippen LogP contribution in [0.15, 0.2) is 54.7 Å². The Kier molecular flexibility index (Phi) is 7.22. The van der Waals surface area contributed by atoms with Crippen LogP contribution in [0.5, 0.6) is 0 Å². The molecule has 0 atom stereocenters. The molecule has 0 saturated carbocycles. The summed E-state index contributed by atoms with van der Waals surface area (Å²) < 4.78 is 5.63. The molecule has 1 fully saturated rings. The van der Waals surface area contributed by atoms with Gasteiger partial charge in [-0.3, -0.25) is 4.90 Å². The number of rotatable bonds is 7. The number of carbonyl (C=O) groups excluding carboxylic acids is 1. The second-order valence-corrected chi connectivity index (χ2v) is 9.61. The first kappa shape index (κ1) is 22.5. The molecule has 4 rings (SSSR count). The quantitative estimate of drug-likeness (QED) is 0.461. The Bertz CT molecular complexity index is 1040. The molecule has 0 bridgehead atoms. The Morgan fingerprint density at radius 2 is 1.75 bits per heavy atom. The molecule has 1 aromatic carbocycles. The van der Waals surface area contributed by atoms with Crippen LogP contribution in [0.2, 0.25) is 0 Å². The zero-order valence-electron chi connectivity index (χ0n) is 19.1.